The van der Waals surface area contributed by atoms with Crippen LogP contribution in [0, 0.1) is 11.3 Å². The molecule has 1 aliphatic carbocycles. The van der Waals surface area contributed by atoms with Gasteiger partial charge in [-0.3, -0.25) is 0 Å². The minimum absolute atomic E-state index is 0.241. The highest BCUT2D eigenvalue weighted by molar-refractivity contribution is 5.31. The predicted molar refractivity (Wildman–Crippen MR) is 106 cm³/mol. The lowest BCUT2D eigenvalue weighted by molar-refractivity contribution is -0.0502. The van der Waals surface area contributed by atoms with Crippen LogP contribution in [-0.2, 0) is 4.74 Å². The summed E-state index contributed by atoms with van der Waals surface area (Å²) in [6, 6.07) is 8.68. The standard InChI is InChI=1S/C23H36O2/c1-7-9-21(23(4,5)6)18-12-14-20(15-13-18)25-22(24-8-2)19-11-10-17(3)16-19/h11-15,17,21-22H,7-10,16H2,1-6H3. The Hall–Kier alpha value is -1.28. The highest BCUT2D eigenvalue weighted by Crippen LogP contribution is 2.39. The Morgan fingerprint density at radius 3 is 2.28 bits per heavy atom. The molecule has 0 aromatic heterocycles. The van der Waals surface area contributed by atoms with Crippen LogP contribution in [0.15, 0.2) is 35.9 Å². The van der Waals surface area contributed by atoms with Crippen LogP contribution in [0.4, 0.5) is 0 Å². The molecule has 0 N–H and O–H groups in total. The Balaban J connectivity index is 2.10. The van der Waals surface area contributed by atoms with Crippen molar-refractivity contribution in [2.75, 3.05) is 6.61 Å². The second kappa shape index (κ2) is 8.89. The Morgan fingerprint density at radius 2 is 1.80 bits per heavy atom. The fourth-order valence-corrected chi connectivity index (χ4v) is 3.77. The Morgan fingerprint density at radius 1 is 1.12 bits per heavy atom. The molecule has 0 heterocycles. The molecule has 0 spiro atoms. The van der Waals surface area contributed by atoms with Gasteiger partial charge in [0.25, 0.3) is 0 Å². The van der Waals surface area contributed by atoms with Crippen LogP contribution in [0.3, 0.4) is 0 Å². The van der Waals surface area contributed by atoms with Crippen LogP contribution in [0.5, 0.6) is 5.75 Å². The van der Waals surface area contributed by atoms with Gasteiger partial charge in [0.15, 0.2) is 0 Å². The quantitative estimate of drug-likeness (QED) is 0.385. The second-order valence-corrected chi connectivity index (χ2v) is 8.51. The molecule has 0 bridgehead atoms. The van der Waals surface area contributed by atoms with Gasteiger partial charge in [-0.05, 0) is 66.7 Å². The van der Waals surface area contributed by atoms with Gasteiger partial charge >= 0.3 is 0 Å². The van der Waals surface area contributed by atoms with E-state index in [2.05, 4.69) is 65.0 Å². The summed E-state index contributed by atoms with van der Waals surface area (Å²) < 4.78 is 12.0. The highest BCUT2D eigenvalue weighted by atomic mass is 16.7. The first-order valence-electron chi connectivity index (χ1n) is 9.92. The Labute approximate surface area is 154 Å². The number of hydrogen-bond acceptors (Lipinski definition) is 2. The van der Waals surface area contributed by atoms with E-state index in [4.69, 9.17) is 9.47 Å². The van der Waals surface area contributed by atoms with Crippen LogP contribution in [-0.4, -0.2) is 12.9 Å². The van der Waals surface area contributed by atoms with Gasteiger partial charge in [0, 0.05) is 6.61 Å². The number of allylic oxidation sites excluding steroid dienone is 1. The first-order valence-corrected chi connectivity index (χ1v) is 9.92. The molecule has 0 aliphatic heterocycles. The summed E-state index contributed by atoms with van der Waals surface area (Å²) in [5.74, 6) is 2.17. The van der Waals surface area contributed by atoms with E-state index in [-0.39, 0.29) is 11.7 Å². The maximum Gasteiger partial charge on any atom is 0.222 e. The van der Waals surface area contributed by atoms with Gasteiger partial charge in [-0.2, -0.15) is 0 Å². The fraction of sp³-hybridized carbons (Fsp3) is 0.652. The lowest BCUT2D eigenvalue weighted by Crippen LogP contribution is -2.23. The summed E-state index contributed by atoms with van der Waals surface area (Å²) in [5, 5.41) is 0. The Kier molecular flexibility index (Phi) is 7.13. The van der Waals surface area contributed by atoms with Gasteiger partial charge in [0.1, 0.15) is 5.75 Å². The van der Waals surface area contributed by atoms with Crippen LogP contribution < -0.4 is 4.74 Å². The number of ether oxygens (including phenoxy) is 2. The zero-order valence-electron chi connectivity index (χ0n) is 17.0. The van der Waals surface area contributed by atoms with Crippen molar-refractivity contribution < 1.29 is 9.47 Å². The first-order chi connectivity index (χ1) is 11.8. The molecule has 1 aromatic carbocycles. The van der Waals surface area contributed by atoms with Crippen molar-refractivity contribution in [3.63, 3.8) is 0 Å². The topological polar surface area (TPSA) is 18.5 Å². The SMILES string of the molecule is CCCC(c1ccc(OC(OCC)C2=CCC(C)C2)cc1)C(C)(C)C. The van der Waals surface area contributed by atoms with E-state index < -0.39 is 0 Å². The fourth-order valence-electron chi connectivity index (χ4n) is 3.77. The summed E-state index contributed by atoms with van der Waals surface area (Å²) in [6.45, 7) is 14.2. The number of rotatable bonds is 8. The van der Waals surface area contributed by atoms with Crippen molar-refractivity contribution >= 4 is 0 Å². The van der Waals surface area contributed by atoms with Crippen molar-refractivity contribution in [1.82, 2.24) is 0 Å². The van der Waals surface area contributed by atoms with Crippen LogP contribution in [0.25, 0.3) is 0 Å². The average molecular weight is 345 g/mol. The van der Waals surface area contributed by atoms with E-state index in [0.717, 1.165) is 18.6 Å². The minimum atomic E-state index is -0.241. The predicted octanol–water partition coefficient (Wildman–Crippen LogP) is 6.71. The van der Waals surface area contributed by atoms with Crippen LogP contribution in [0.1, 0.15) is 78.7 Å². The van der Waals surface area contributed by atoms with Gasteiger partial charge in [0.05, 0.1) is 0 Å². The van der Waals surface area contributed by atoms with Gasteiger partial charge in [-0.1, -0.05) is 59.2 Å². The van der Waals surface area contributed by atoms with Crippen LogP contribution >= 0.6 is 0 Å². The maximum atomic E-state index is 6.18. The smallest absolute Gasteiger partial charge is 0.222 e. The molecule has 3 unspecified atom stereocenters. The average Bonchev–Trinajstić information content (AvgIpc) is 2.98. The summed E-state index contributed by atoms with van der Waals surface area (Å²) in [4.78, 5) is 0. The lowest BCUT2D eigenvalue weighted by atomic mass is 9.74. The molecule has 0 fully saturated rings. The van der Waals surface area contributed by atoms with E-state index in [1.165, 1.54) is 24.0 Å². The summed E-state index contributed by atoms with van der Waals surface area (Å²) in [6.07, 6.45) is 6.68. The number of hydrogen-bond donors (Lipinski definition) is 0. The molecule has 0 saturated carbocycles. The molecule has 0 amide bonds. The summed E-state index contributed by atoms with van der Waals surface area (Å²) in [5.41, 5.74) is 2.97. The summed E-state index contributed by atoms with van der Waals surface area (Å²) in [7, 11) is 0. The highest BCUT2D eigenvalue weighted by Gasteiger charge is 2.26. The number of benzene rings is 1. The Bertz CT molecular complexity index is 550. The third-order valence-corrected chi connectivity index (χ3v) is 5.14. The van der Waals surface area contributed by atoms with E-state index in [1.807, 2.05) is 6.92 Å². The van der Waals surface area contributed by atoms with Gasteiger partial charge in [0.2, 0.25) is 6.29 Å². The molecule has 0 saturated heterocycles. The molecule has 3 atom stereocenters. The lowest BCUT2D eigenvalue weighted by Gasteiger charge is -2.31. The molecule has 25 heavy (non-hydrogen) atoms. The maximum absolute atomic E-state index is 6.18. The van der Waals surface area contributed by atoms with Crippen molar-refractivity contribution in [3.05, 3.63) is 41.5 Å². The van der Waals surface area contributed by atoms with Crippen molar-refractivity contribution in [1.29, 1.82) is 0 Å². The molecular formula is C23H36O2. The first kappa shape index (κ1) is 20.0. The molecule has 2 rings (SSSR count). The van der Waals surface area contributed by atoms with Gasteiger partial charge < -0.3 is 9.47 Å². The van der Waals surface area contributed by atoms with E-state index in [0.29, 0.717) is 18.4 Å². The molecule has 0 radical (unpaired) electrons. The normalized spacial score (nSPS) is 20.2. The van der Waals surface area contributed by atoms with Crippen molar-refractivity contribution in [2.45, 2.75) is 79.4 Å². The third-order valence-electron chi connectivity index (χ3n) is 5.14. The zero-order chi connectivity index (χ0) is 18.4. The zero-order valence-corrected chi connectivity index (χ0v) is 17.0. The van der Waals surface area contributed by atoms with Crippen molar-refractivity contribution in [3.8, 4) is 5.75 Å². The third kappa shape index (κ3) is 5.60. The molecule has 1 aromatic rings. The minimum Gasteiger partial charge on any atom is -0.461 e. The van der Waals surface area contributed by atoms with Crippen molar-refractivity contribution in [2.24, 2.45) is 11.3 Å². The second-order valence-electron chi connectivity index (χ2n) is 8.51. The molecular weight excluding hydrogens is 308 g/mol. The monoisotopic (exact) mass is 344 g/mol. The van der Waals surface area contributed by atoms with E-state index >= 15 is 0 Å². The molecule has 1 aliphatic rings. The summed E-state index contributed by atoms with van der Waals surface area (Å²) >= 11 is 0. The van der Waals surface area contributed by atoms with Gasteiger partial charge in [-0.25, -0.2) is 0 Å². The van der Waals surface area contributed by atoms with E-state index in [1.54, 1.807) is 0 Å². The largest absolute Gasteiger partial charge is 0.461 e. The van der Waals surface area contributed by atoms with E-state index in [9.17, 15) is 0 Å². The van der Waals surface area contributed by atoms with Gasteiger partial charge in [-0.15, -0.1) is 0 Å². The van der Waals surface area contributed by atoms with Crippen LogP contribution in [0.2, 0.25) is 0 Å². The molecule has 2 nitrogen and oxygen atoms in total. The molecule has 2 heteroatoms. The molecule has 140 valence electrons.